The second kappa shape index (κ2) is 5.79. The first-order chi connectivity index (χ1) is 12.4. The van der Waals surface area contributed by atoms with Gasteiger partial charge in [0.25, 0.3) is 5.56 Å². The predicted molar refractivity (Wildman–Crippen MR) is 96.0 cm³/mol. The number of hydrogen-bond acceptors (Lipinski definition) is 4. The third kappa shape index (κ3) is 2.42. The van der Waals surface area contributed by atoms with Crippen molar-refractivity contribution in [3.05, 3.63) is 45.7 Å². The molecule has 3 atom stereocenters. The lowest BCUT2D eigenvalue weighted by molar-refractivity contribution is -0.141. The van der Waals surface area contributed by atoms with Crippen LogP contribution in [-0.2, 0) is 9.59 Å². The van der Waals surface area contributed by atoms with Crippen molar-refractivity contribution in [1.29, 1.82) is 0 Å². The molecule has 2 aromatic rings. The number of carbonyl (C=O) groups is 2. The van der Waals surface area contributed by atoms with Crippen molar-refractivity contribution in [2.24, 2.45) is 16.9 Å². The molecule has 4 rings (SSSR count). The number of para-hydroxylation sites is 1. The summed E-state index contributed by atoms with van der Waals surface area (Å²) in [7, 11) is 0. The Balaban J connectivity index is 1.75. The topological polar surface area (TPSA) is 103 Å². The molecule has 1 aliphatic carbocycles. The van der Waals surface area contributed by atoms with Crippen molar-refractivity contribution in [3.63, 3.8) is 0 Å². The molecule has 1 fully saturated rings. The Morgan fingerprint density at radius 2 is 2.00 bits per heavy atom. The molecule has 2 heterocycles. The van der Waals surface area contributed by atoms with Crippen LogP contribution in [-0.4, -0.2) is 38.7 Å². The smallest absolute Gasteiger partial charge is 0.303 e. The fourth-order valence-electron chi connectivity index (χ4n) is 3.96. The summed E-state index contributed by atoms with van der Waals surface area (Å²) in [5.41, 5.74) is 2.57. The number of nitrogens with one attached hydrogen (secondary N) is 1. The second-order valence-corrected chi connectivity index (χ2v) is 6.99. The van der Waals surface area contributed by atoms with Crippen molar-refractivity contribution in [2.45, 2.75) is 32.7 Å². The Morgan fingerprint density at radius 1 is 1.27 bits per heavy atom. The first-order valence-corrected chi connectivity index (χ1v) is 8.64. The number of benzene rings is 1. The highest BCUT2D eigenvalue weighted by atomic mass is 16.4. The number of carboxylic acid groups (broad SMARTS) is 1. The minimum absolute atomic E-state index is 0.0322. The van der Waals surface area contributed by atoms with Gasteiger partial charge in [0, 0.05) is 23.2 Å². The molecule has 0 saturated heterocycles. The highest BCUT2D eigenvalue weighted by Crippen LogP contribution is 2.50. The lowest BCUT2D eigenvalue weighted by atomic mass is 9.98. The third-order valence-electron chi connectivity index (χ3n) is 5.39. The summed E-state index contributed by atoms with van der Waals surface area (Å²) >= 11 is 0. The molecule has 0 bridgehead atoms. The number of nitrogens with zero attached hydrogens (tertiary/aromatic N) is 2. The largest absolute Gasteiger partial charge is 0.481 e. The van der Waals surface area contributed by atoms with Crippen LogP contribution in [0.2, 0.25) is 0 Å². The molecule has 7 heteroatoms. The predicted octanol–water partition coefficient (Wildman–Crippen LogP) is 1.88. The molecule has 2 N–H and O–H groups in total. The van der Waals surface area contributed by atoms with Crippen molar-refractivity contribution in [1.82, 2.24) is 9.99 Å². The summed E-state index contributed by atoms with van der Waals surface area (Å²) in [4.78, 5) is 38.7. The van der Waals surface area contributed by atoms with Gasteiger partial charge in [-0.05, 0) is 24.5 Å². The molecule has 3 unspecified atom stereocenters. The van der Waals surface area contributed by atoms with E-state index in [-0.39, 0.29) is 42.2 Å². The highest BCUT2D eigenvalue weighted by Gasteiger charge is 2.60. The van der Waals surface area contributed by atoms with E-state index in [9.17, 15) is 14.4 Å². The summed E-state index contributed by atoms with van der Waals surface area (Å²) in [6, 6.07) is 7.51. The number of H-pyrrole nitrogens is 1. The number of hydrogen-bond donors (Lipinski definition) is 2. The molecule has 2 aliphatic rings. The number of aliphatic carboxylic acids is 1. The minimum Gasteiger partial charge on any atom is -0.481 e. The van der Waals surface area contributed by atoms with Crippen molar-refractivity contribution in [3.8, 4) is 0 Å². The van der Waals surface area contributed by atoms with Crippen LogP contribution in [0.3, 0.4) is 0 Å². The van der Waals surface area contributed by atoms with E-state index in [2.05, 4.69) is 10.1 Å². The monoisotopic (exact) mass is 353 g/mol. The number of aromatic amines is 1. The molecule has 0 spiro atoms. The number of carbonyl (C=O) groups excluding carboxylic acids is 1. The van der Waals surface area contributed by atoms with Crippen LogP contribution in [0.5, 0.6) is 0 Å². The van der Waals surface area contributed by atoms with Gasteiger partial charge in [-0.2, -0.15) is 5.10 Å². The molecule has 134 valence electrons. The number of rotatable bonds is 4. The van der Waals surface area contributed by atoms with E-state index in [0.29, 0.717) is 11.3 Å². The van der Waals surface area contributed by atoms with E-state index in [4.69, 9.17) is 5.11 Å². The molecule has 1 aliphatic heterocycles. The van der Waals surface area contributed by atoms with Crippen molar-refractivity contribution < 1.29 is 14.7 Å². The van der Waals surface area contributed by atoms with Crippen LogP contribution < -0.4 is 5.56 Å². The fraction of sp³-hybridized carbons (Fsp3) is 0.368. The standard InChI is InChI=1S/C19H19N3O4/c1-9-11-5-3-4-6-12(11)20-19(26)16(9)17-15-10(2)18(15)22(21-17)13(23)7-8-14(24)25/h3-6,10,15,18H,7-8H2,1-2H3,(H,20,26)(H,24,25). The molecule has 1 amide bonds. The van der Waals surface area contributed by atoms with Crippen LogP contribution in [0.15, 0.2) is 34.2 Å². The average Bonchev–Trinajstić information content (AvgIpc) is 3.08. The number of aryl methyl sites for hydroxylation is 1. The summed E-state index contributed by atoms with van der Waals surface area (Å²) < 4.78 is 0. The highest BCUT2D eigenvalue weighted by molar-refractivity contribution is 6.10. The van der Waals surface area contributed by atoms with Gasteiger partial charge in [0.15, 0.2) is 0 Å². The zero-order valence-corrected chi connectivity index (χ0v) is 14.5. The molecule has 1 aromatic carbocycles. The number of hydrazone groups is 1. The first kappa shape index (κ1) is 16.5. The van der Waals surface area contributed by atoms with Gasteiger partial charge in [0.2, 0.25) is 5.91 Å². The Bertz CT molecular complexity index is 1020. The van der Waals surface area contributed by atoms with Gasteiger partial charge in [-0.25, -0.2) is 5.01 Å². The summed E-state index contributed by atoms with van der Waals surface area (Å²) in [6.07, 6.45) is -0.309. The minimum atomic E-state index is -1.01. The van der Waals surface area contributed by atoms with Crippen LogP contribution in [0.25, 0.3) is 10.9 Å². The van der Waals surface area contributed by atoms with Gasteiger partial charge in [-0.3, -0.25) is 14.4 Å². The Hall–Kier alpha value is -2.96. The lowest BCUT2D eigenvalue weighted by Crippen LogP contribution is -2.28. The molecule has 0 radical (unpaired) electrons. The van der Waals surface area contributed by atoms with Gasteiger partial charge < -0.3 is 10.1 Å². The quantitative estimate of drug-likeness (QED) is 0.876. The Morgan fingerprint density at radius 3 is 2.73 bits per heavy atom. The van der Waals surface area contributed by atoms with E-state index in [1.807, 2.05) is 38.1 Å². The summed E-state index contributed by atoms with van der Waals surface area (Å²) in [5, 5.41) is 15.6. The van der Waals surface area contributed by atoms with E-state index < -0.39 is 5.97 Å². The lowest BCUT2D eigenvalue weighted by Gasteiger charge is -2.15. The normalized spacial score (nSPS) is 23.7. The number of aromatic nitrogens is 1. The molecular weight excluding hydrogens is 334 g/mol. The maximum Gasteiger partial charge on any atom is 0.303 e. The number of pyridine rings is 1. The Kier molecular flexibility index (Phi) is 3.68. The number of fused-ring (bicyclic) bond motifs is 2. The van der Waals surface area contributed by atoms with Crippen LogP contribution >= 0.6 is 0 Å². The van der Waals surface area contributed by atoms with E-state index >= 15 is 0 Å². The molecule has 7 nitrogen and oxygen atoms in total. The summed E-state index contributed by atoms with van der Waals surface area (Å²) in [5.74, 6) is -1.08. The molecule has 1 saturated carbocycles. The van der Waals surface area contributed by atoms with E-state index in [1.54, 1.807) is 0 Å². The zero-order chi connectivity index (χ0) is 18.6. The van der Waals surface area contributed by atoms with Crippen LogP contribution in [0.4, 0.5) is 0 Å². The van der Waals surface area contributed by atoms with Crippen LogP contribution in [0.1, 0.15) is 30.9 Å². The molecular formula is C19H19N3O4. The SMILES string of the molecule is Cc1c(C2=NN(C(=O)CCC(=O)O)C3C(C)C23)c(=O)[nH]c2ccccc12. The van der Waals surface area contributed by atoms with Gasteiger partial charge in [0.1, 0.15) is 0 Å². The van der Waals surface area contributed by atoms with Crippen molar-refractivity contribution >= 4 is 28.5 Å². The van der Waals surface area contributed by atoms with Gasteiger partial charge >= 0.3 is 5.97 Å². The molecule has 26 heavy (non-hydrogen) atoms. The van der Waals surface area contributed by atoms with Gasteiger partial charge in [-0.1, -0.05) is 25.1 Å². The van der Waals surface area contributed by atoms with Crippen molar-refractivity contribution in [2.75, 3.05) is 0 Å². The average molecular weight is 353 g/mol. The molecule has 1 aromatic heterocycles. The second-order valence-electron chi connectivity index (χ2n) is 6.99. The number of carboxylic acids is 1. The van der Waals surface area contributed by atoms with Crippen LogP contribution in [0, 0.1) is 18.8 Å². The first-order valence-electron chi connectivity index (χ1n) is 8.64. The third-order valence-corrected chi connectivity index (χ3v) is 5.39. The summed E-state index contributed by atoms with van der Waals surface area (Å²) in [6.45, 7) is 3.92. The maximum absolute atomic E-state index is 12.7. The Labute approximate surface area is 149 Å². The van der Waals surface area contributed by atoms with E-state index in [0.717, 1.165) is 16.5 Å². The van der Waals surface area contributed by atoms with Gasteiger partial charge in [-0.15, -0.1) is 0 Å². The fourth-order valence-corrected chi connectivity index (χ4v) is 3.96. The number of amides is 1. The van der Waals surface area contributed by atoms with Gasteiger partial charge in [0.05, 0.1) is 23.7 Å². The maximum atomic E-state index is 12.7. The zero-order valence-electron chi connectivity index (χ0n) is 14.5. The van der Waals surface area contributed by atoms with E-state index in [1.165, 1.54) is 5.01 Å².